The third-order valence-corrected chi connectivity index (χ3v) is 3.35. The summed E-state index contributed by atoms with van der Waals surface area (Å²) in [7, 11) is 0. The molecule has 0 aromatic heterocycles. The van der Waals surface area contributed by atoms with Crippen molar-refractivity contribution >= 4 is 23.2 Å². The quantitative estimate of drug-likeness (QED) is 0.894. The van der Waals surface area contributed by atoms with Gasteiger partial charge in [-0.15, -0.1) is 0 Å². The molecule has 1 unspecified atom stereocenters. The van der Waals surface area contributed by atoms with Gasteiger partial charge in [0, 0.05) is 11.6 Å². The summed E-state index contributed by atoms with van der Waals surface area (Å²) >= 11 is 0. The highest BCUT2D eigenvalue weighted by Gasteiger charge is 2.24. The molecule has 1 atom stereocenters. The van der Waals surface area contributed by atoms with Crippen LogP contribution in [0.25, 0.3) is 0 Å². The van der Waals surface area contributed by atoms with E-state index in [1.807, 2.05) is 0 Å². The Morgan fingerprint density at radius 2 is 2.00 bits per heavy atom. The van der Waals surface area contributed by atoms with E-state index in [1.54, 1.807) is 13.0 Å². The van der Waals surface area contributed by atoms with E-state index in [0.29, 0.717) is 17.5 Å². The molecule has 0 fully saturated rings. The third kappa shape index (κ3) is 2.98. The lowest BCUT2D eigenvalue weighted by atomic mass is 10.1. The predicted molar refractivity (Wildman–Crippen MR) is 79.5 cm³/mol. The number of carbonyl (C=O) groups excluding carboxylic acids is 2. The van der Waals surface area contributed by atoms with Crippen LogP contribution >= 0.6 is 0 Å². The first-order chi connectivity index (χ1) is 10.9. The fraction of sp³-hybridized carbons (Fsp3) is 0.125. The average Bonchev–Trinajstić information content (AvgIpc) is 2.50. The van der Waals surface area contributed by atoms with Crippen LogP contribution in [0.15, 0.2) is 36.4 Å². The topological polar surface area (TPSA) is 67.4 Å². The average molecular weight is 318 g/mol. The van der Waals surface area contributed by atoms with Gasteiger partial charge in [0.05, 0.1) is 11.4 Å². The highest BCUT2D eigenvalue weighted by atomic mass is 19.1. The number of hydrogen-bond donors (Lipinski definition) is 2. The maximum absolute atomic E-state index is 13.6. The van der Waals surface area contributed by atoms with Gasteiger partial charge in [-0.25, -0.2) is 8.78 Å². The molecule has 5 nitrogen and oxygen atoms in total. The number of hydrogen-bond acceptors (Lipinski definition) is 3. The largest absolute Gasteiger partial charge is 0.479 e. The van der Waals surface area contributed by atoms with Crippen LogP contribution in [0.5, 0.6) is 5.75 Å². The maximum atomic E-state index is 13.6. The number of anilines is 2. The first kappa shape index (κ1) is 15.0. The van der Waals surface area contributed by atoms with Crippen molar-refractivity contribution < 1.29 is 23.1 Å². The Kier molecular flexibility index (Phi) is 3.69. The monoisotopic (exact) mass is 318 g/mol. The summed E-state index contributed by atoms with van der Waals surface area (Å²) in [5.74, 6) is -2.07. The zero-order valence-corrected chi connectivity index (χ0v) is 12.0. The van der Waals surface area contributed by atoms with Gasteiger partial charge in [-0.2, -0.15) is 0 Å². The van der Waals surface area contributed by atoms with Crippen LogP contribution in [0.1, 0.15) is 17.3 Å². The molecular formula is C16H12F2N2O3. The Labute approximate surface area is 130 Å². The summed E-state index contributed by atoms with van der Waals surface area (Å²) in [6.07, 6.45) is -0.615. The molecule has 1 heterocycles. The summed E-state index contributed by atoms with van der Waals surface area (Å²) < 4.78 is 31.8. The number of fused-ring (bicyclic) bond motifs is 1. The molecule has 2 N–H and O–H groups in total. The highest BCUT2D eigenvalue weighted by molar-refractivity contribution is 6.06. The molecule has 0 bridgehead atoms. The van der Waals surface area contributed by atoms with E-state index in [1.165, 1.54) is 12.1 Å². The van der Waals surface area contributed by atoms with Gasteiger partial charge in [-0.3, -0.25) is 9.59 Å². The van der Waals surface area contributed by atoms with E-state index < -0.39 is 23.6 Å². The minimum atomic E-state index is -0.873. The van der Waals surface area contributed by atoms with Crippen molar-refractivity contribution in [3.8, 4) is 5.75 Å². The standard InChI is InChI=1S/C16H12F2N2O3/c1-8-15(21)20-13-6-9(2-5-14(13)23-8)16(22)19-12-4-3-10(17)7-11(12)18/h2-8H,1H3,(H,19,22)(H,20,21). The number of carbonyl (C=O) groups is 2. The molecule has 2 amide bonds. The lowest BCUT2D eigenvalue weighted by molar-refractivity contribution is -0.122. The fourth-order valence-corrected chi connectivity index (χ4v) is 2.14. The molecular weight excluding hydrogens is 306 g/mol. The second kappa shape index (κ2) is 5.68. The van der Waals surface area contributed by atoms with E-state index in [2.05, 4.69) is 10.6 Å². The van der Waals surface area contributed by atoms with Crippen molar-refractivity contribution in [3.05, 3.63) is 53.6 Å². The second-order valence-corrected chi connectivity index (χ2v) is 5.04. The minimum Gasteiger partial charge on any atom is -0.479 e. The van der Waals surface area contributed by atoms with E-state index >= 15 is 0 Å². The van der Waals surface area contributed by atoms with E-state index in [0.717, 1.165) is 12.1 Å². The SMILES string of the molecule is CC1Oc2ccc(C(=O)Nc3ccc(F)cc3F)cc2NC1=O. The Hall–Kier alpha value is -2.96. The molecule has 118 valence electrons. The van der Waals surface area contributed by atoms with Crippen molar-refractivity contribution in [1.29, 1.82) is 0 Å². The molecule has 23 heavy (non-hydrogen) atoms. The molecule has 2 aromatic rings. The first-order valence-corrected chi connectivity index (χ1v) is 6.82. The highest BCUT2D eigenvalue weighted by Crippen LogP contribution is 2.30. The summed E-state index contributed by atoms with van der Waals surface area (Å²) in [6.45, 7) is 1.61. The smallest absolute Gasteiger partial charge is 0.265 e. The number of ether oxygens (including phenoxy) is 1. The zero-order valence-electron chi connectivity index (χ0n) is 12.0. The van der Waals surface area contributed by atoms with Gasteiger partial charge >= 0.3 is 0 Å². The lowest BCUT2D eigenvalue weighted by Crippen LogP contribution is -2.34. The summed E-state index contributed by atoms with van der Waals surface area (Å²) in [6, 6.07) is 7.31. The number of benzene rings is 2. The number of rotatable bonds is 2. The second-order valence-electron chi connectivity index (χ2n) is 5.04. The van der Waals surface area contributed by atoms with Crippen molar-refractivity contribution in [2.24, 2.45) is 0 Å². The van der Waals surface area contributed by atoms with E-state index in [9.17, 15) is 18.4 Å². The Morgan fingerprint density at radius 3 is 2.74 bits per heavy atom. The molecule has 2 aromatic carbocycles. The Bertz CT molecular complexity index is 808. The van der Waals surface area contributed by atoms with E-state index in [-0.39, 0.29) is 17.2 Å². The van der Waals surface area contributed by atoms with E-state index in [4.69, 9.17) is 4.74 Å². The summed E-state index contributed by atoms with van der Waals surface area (Å²) in [5.41, 5.74) is 0.425. The van der Waals surface area contributed by atoms with Gasteiger partial charge in [0.1, 0.15) is 17.4 Å². The van der Waals surface area contributed by atoms with Crippen molar-refractivity contribution in [1.82, 2.24) is 0 Å². The molecule has 3 rings (SSSR count). The summed E-state index contributed by atoms with van der Waals surface area (Å²) in [5, 5.41) is 4.97. The number of amides is 2. The Balaban J connectivity index is 1.83. The molecule has 0 spiro atoms. The third-order valence-electron chi connectivity index (χ3n) is 3.35. The van der Waals surface area contributed by atoms with Crippen LogP contribution in [0, 0.1) is 11.6 Å². The van der Waals surface area contributed by atoms with Crippen molar-refractivity contribution in [2.75, 3.05) is 10.6 Å². The van der Waals surface area contributed by atoms with Gasteiger partial charge in [0.15, 0.2) is 6.10 Å². The molecule has 0 saturated carbocycles. The van der Waals surface area contributed by atoms with Gasteiger partial charge in [0.2, 0.25) is 0 Å². The minimum absolute atomic E-state index is 0.136. The van der Waals surface area contributed by atoms with Crippen molar-refractivity contribution in [2.45, 2.75) is 13.0 Å². The van der Waals surface area contributed by atoms with Crippen molar-refractivity contribution in [3.63, 3.8) is 0 Å². The number of halogens is 2. The van der Waals surface area contributed by atoms with Gasteiger partial charge in [-0.05, 0) is 37.3 Å². The molecule has 1 aliphatic heterocycles. The van der Waals surface area contributed by atoms with Crippen LogP contribution < -0.4 is 15.4 Å². The van der Waals surface area contributed by atoms with Gasteiger partial charge in [-0.1, -0.05) is 0 Å². The molecule has 0 saturated heterocycles. The Morgan fingerprint density at radius 1 is 1.22 bits per heavy atom. The van der Waals surface area contributed by atoms with Gasteiger partial charge < -0.3 is 15.4 Å². The van der Waals surface area contributed by atoms with Crippen LogP contribution in [-0.2, 0) is 4.79 Å². The van der Waals surface area contributed by atoms with Gasteiger partial charge in [0.25, 0.3) is 11.8 Å². The van der Waals surface area contributed by atoms with Crippen LogP contribution in [-0.4, -0.2) is 17.9 Å². The van der Waals surface area contributed by atoms with Crippen LogP contribution in [0.3, 0.4) is 0 Å². The number of nitrogens with one attached hydrogen (secondary N) is 2. The lowest BCUT2D eigenvalue weighted by Gasteiger charge is -2.23. The molecule has 0 aliphatic carbocycles. The van der Waals surface area contributed by atoms with Crippen LogP contribution in [0.2, 0.25) is 0 Å². The summed E-state index contributed by atoms with van der Waals surface area (Å²) in [4.78, 5) is 23.7. The normalized spacial score (nSPS) is 16.1. The fourth-order valence-electron chi connectivity index (χ4n) is 2.14. The zero-order chi connectivity index (χ0) is 16.6. The maximum Gasteiger partial charge on any atom is 0.265 e. The predicted octanol–water partition coefficient (Wildman–Crippen LogP) is 2.94. The molecule has 7 heteroatoms. The first-order valence-electron chi connectivity index (χ1n) is 6.82. The molecule has 1 aliphatic rings. The van der Waals surface area contributed by atoms with Crippen LogP contribution in [0.4, 0.5) is 20.2 Å². The molecule has 0 radical (unpaired) electrons.